The van der Waals surface area contributed by atoms with Gasteiger partial charge in [-0.15, -0.1) is 0 Å². The van der Waals surface area contributed by atoms with Gasteiger partial charge in [0, 0.05) is 11.6 Å². The molecule has 15 heavy (non-hydrogen) atoms. The Kier molecular flexibility index (Phi) is 4.04. The first kappa shape index (κ1) is 11.9. The Labute approximate surface area is 90.8 Å². The van der Waals surface area contributed by atoms with E-state index in [9.17, 15) is 4.39 Å². The zero-order valence-corrected chi connectivity index (χ0v) is 9.39. The van der Waals surface area contributed by atoms with Crippen LogP contribution in [0.25, 0.3) is 0 Å². The van der Waals surface area contributed by atoms with Gasteiger partial charge in [0.1, 0.15) is 5.82 Å². The summed E-state index contributed by atoms with van der Waals surface area (Å²) in [6.45, 7) is 7.67. The topological polar surface area (TPSA) is 26.0 Å². The van der Waals surface area contributed by atoms with Crippen LogP contribution in [0, 0.1) is 12.7 Å². The highest BCUT2D eigenvalue weighted by molar-refractivity contribution is 5.28. The number of aryl methyl sites for hydroxylation is 1. The van der Waals surface area contributed by atoms with Gasteiger partial charge in [-0.3, -0.25) is 0 Å². The molecule has 1 rings (SSSR count). The third kappa shape index (κ3) is 2.90. The van der Waals surface area contributed by atoms with E-state index in [0.29, 0.717) is 17.5 Å². The Balaban J connectivity index is 2.86. The lowest BCUT2D eigenvalue weighted by Gasteiger charge is -2.14. The summed E-state index contributed by atoms with van der Waals surface area (Å²) in [6.07, 6.45) is 1.54. The smallest absolute Gasteiger partial charge is 0.130 e. The first-order valence-electron chi connectivity index (χ1n) is 5.23. The molecule has 0 heterocycles. The highest BCUT2D eigenvalue weighted by Crippen LogP contribution is 2.23. The lowest BCUT2D eigenvalue weighted by atomic mass is 9.97. The van der Waals surface area contributed by atoms with Gasteiger partial charge in [-0.2, -0.15) is 0 Å². The molecule has 0 saturated carbocycles. The average molecular weight is 207 g/mol. The van der Waals surface area contributed by atoms with Crippen LogP contribution in [0.2, 0.25) is 0 Å². The molecule has 0 spiro atoms. The van der Waals surface area contributed by atoms with E-state index in [0.717, 1.165) is 12.0 Å². The third-order valence-electron chi connectivity index (χ3n) is 2.63. The van der Waals surface area contributed by atoms with Gasteiger partial charge in [0.05, 0.1) is 0 Å². The maximum Gasteiger partial charge on any atom is 0.130 e. The van der Waals surface area contributed by atoms with Gasteiger partial charge in [-0.05, 0) is 25.3 Å². The fraction of sp³-hybridized carbons (Fsp3) is 0.385. The Morgan fingerprint density at radius 1 is 1.53 bits per heavy atom. The second kappa shape index (κ2) is 5.08. The molecule has 0 aliphatic rings. The predicted octanol–water partition coefficient (Wildman–Crippen LogP) is 3.49. The molecule has 2 N–H and O–H groups in total. The third-order valence-corrected chi connectivity index (χ3v) is 2.63. The van der Waals surface area contributed by atoms with Crippen molar-refractivity contribution in [2.45, 2.75) is 32.7 Å². The highest BCUT2D eigenvalue weighted by Gasteiger charge is 2.13. The molecule has 0 saturated heterocycles. The molecule has 1 aromatic rings. The number of hydrogen-bond acceptors (Lipinski definition) is 1. The van der Waals surface area contributed by atoms with E-state index in [2.05, 4.69) is 6.58 Å². The summed E-state index contributed by atoms with van der Waals surface area (Å²) in [4.78, 5) is 0. The van der Waals surface area contributed by atoms with E-state index in [1.165, 1.54) is 0 Å². The summed E-state index contributed by atoms with van der Waals surface area (Å²) < 4.78 is 13.7. The highest BCUT2D eigenvalue weighted by atomic mass is 19.1. The van der Waals surface area contributed by atoms with Crippen molar-refractivity contribution in [3.8, 4) is 0 Å². The van der Waals surface area contributed by atoms with Crippen molar-refractivity contribution < 1.29 is 4.39 Å². The van der Waals surface area contributed by atoms with Crippen molar-refractivity contribution in [1.29, 1.82) is 0 Å². The van der Waals surface area contributed by atoms with E-state index in [1.807, 2.05) is 13.0 Å². The standard InChI is InChI=1S/C13H18FN/c1-4-9(2)8-12(15)11-7-5-6-10(3)13(11)14/h5-7,12H,2,4,8,15H2,1,3H3. The van der Waals surface area contributed by atoms with Crippen LogP contribution < -0.4 is 5.73 Å². The molecule has 1 nitrogen and oxygen atoms in total. The minimum atomic E-state index is -0.280. The lowest BCUT2D eigenvalue weighted by molar-refractivity contribution is 0.570. The van der Waals surface area contributed by atoms with E-state index < -0.39 is 0 Å². The summed E-state index contributed by atoms with van der Waals surface area (Å²) in [6, 6.07) is 5.05. The van der Waals surface area contributed by atoms with Crippen molar-refractivity contribution in [2.24, 2.45) is 5.73 Å². The SMILES string of the molecule is C=C(CC)CC(N)c1cccc(C)c1F. The van der Waals surface area contributed by atoms with E-state index in [1.54, 1.807) is 19.1 Å². The molecule has 1 aromatic carbocycles. The normalized spacial score (nSPS) is 12.5. The van der Waals surface area contributed by atoms with Gasteiger partial charge in [0.15, 0.2) is 0 Å². The van der Waals surface area contributed by atoms with E-state index in [4.69, 9.17) is 5.73 Å². The van der Waals surface area contributed by atoms with Crippen LogP contribution in [0.4, 0.5) is 4.39 Å². The molecule has 0 aromatic heterocycles. The second-order valence-electron chi connectivity index (χ2n) is 3.89. The first-order chi connectivity index (χ1) is 7.06. The number of benzene rings is 1. The number of nitrogens with two attached hydrogens (primary N) is 1. The molecule has 0 bridgehead atoms. The van der Waals surface area contributed by atoms with Gasteiger partial charge < -0.3 is 5.73 Å². The van der Waals surface area contributed by atoms with E-state index >= 15 is 0 Å². The van der Waals surface area contributed by atoms with Crippen molar-refractivity contribution in [1.82, 2.24) is 0 Å². The molecular weight excluding hydrogens is 189 g/mol. The van der Waals surface area contributed by atoms with Crippen LogP contribution in [0.15, 0.2) is 30.4 Å². The number of hydrogen-bond donors (Lipinski definition) is 1. The average Bonchev–Trinajstić information content (AvgIpc) is 2.21. The predicted molar refractivity (Wildman–Crippen MR) is 62.1 cm³/mol. The minimum absolute atomic E-state index is 0.186. The van der Waals surface area contributed by atoms with Gasteiger partial charge in [-0.1, -0.05) is 37.3 Å². The maximum atomic E-state index is 13.7. The van der Waals surface area contributed by atoms with Crippen molar-refractivity contribution in [3.63, 3.8) is 0 Å². The Morgan fingerprint density at radius 3 is 2.80 bits per heavy atom. The van der Waals surface area contributed by atoms with E-state index in [-0.39, 0.29) is 11.9 Å². The van der Waals surface area contributed by atoms with Crippen LogP contribution in [0.5, 0.6) is 0 Å². The fourth-order valence-electron chi connectivity index (χ4n) is 1.52. The quantitative estimate of drug-likeness (QED) is 0.751. The van der Waals surface area contributed by atoms with Gasteiger partial charge in [0.2, 0.25) is 0 Å². The van der Waals surface area contributed by atoms with Crippen LogP contribution in [0.1, 0.15) is 36.9 Å². The monoisotopic (exact) mass is 207 g/mol. The van der Waals surface area contributed by atoms with Gasteiger partial charge in [-0.25, -0.2) is 4.39 Å². The molecular formula is C13H18FN. The molecule has 1 unspecified atom stereocenters. The fourth-order valence-corrected chi connectivity index (χ4v) is 1.52. The minimum Gasteiger partial charge on any atom is -0.324 e. The zero-order valence-electron chi connectivity index (χ0n) is 9.39. The molecule has 0 aliphatic heterocycles. The van der Waals surface area contributed by atoms with Gasteiger partial charge in [0.25, 0.3) is 0 Å². The maximum absolute atomic E-state index is 13.7. The second-order valence-corrected chi connectivity index (χ2v) is 3.89. The van der Waals surface area contributed by atoms with Gasteiger partial charge >= 0.3 is 0 Å². The molecule has 1 atom stereocenters. The Bertz CT molecular complexity index is 358. The molecule has 0 radical (unpaired) electrons. The molecule has 0 aliphatic carbocycles. The van der Waals surface area contributed by atoms with Crippen LogP contribution in [-0.2, 0) is 0 Å². The molecule has 0 amide bonds. The molecule has 2 heteroatoms. The largest absolute Gasteiger partial charge is 0.324 e. The molecule has 0 fully saturated rings. The van der Waals surface area contributed by atoms with Crippen LogP contribution in [0.3, 0.4) is 0 Å². The number of halogens is 1. The Hall–Kier alpha value is -1.15. The van der Waals surface area contributed by atoms with Crippen molar-refractivity contribution in [2.75, 3.05) is 0 Å². The summed E-state index contributed by atoms with van der Waals surface area (Å²) in [5.41, 5.74) is 8.23. The van der Waals surface area contributed by atoms with Crippen LogP contribution in [-0.4, -0.2) is 0 Å². The molecule has 82 valence electrons. The first-order valence-corrected chi connectivity index (χ1v) is 5.23. The Morgan fingerprint density at radius 2 is 2.20 bits per heavy atom. The van der Waals surface area contributed by atoms with Crippen molar-refractivity contribution in [3.05, 3.63) is 47.3 Å². The zero-order chi connectivity index (χ0) is 11.4. The summed E-state index contributed by atoms with van der Waals surface area (Å²) in [5, 5.41) is 0. The summed E-state index contributed by atoms with van der Waals surface area (Å²) in [7, 11) is 0. The number of rotatable bonds is 4. The summed E-state index contributed by atoms with van der Waals surface area (Å²) in [5.74, 6) is -0.186. The van der Waals surface area contributed by atoms with Crippen LogP contribution >= 0.6 is 0 Å². The summed E-state index contributed by atoms with van der Waals surface area (Å²) >= 11 is 0. The lowest BCUT2D eigenvalue weighted by Crippen LogP contribution is -2.13. The van der Waals surface area contributed by atoms with Crippen molar-refractivity contribution >= 4 is 0 Å².